The third-order valence-corrected chi connectivity index (χ3v) is 3.70. The number of nitro benzene ring substituents is 1. The number of H-pyrrole nitrogens is 1. The van der Waals surface area contributed by atoms with Crippen molar-refractivity contribution in [1.29, 1.82) is 0 Å². The topological polar surface area (TPSA) is 130 Å². The Balaban J connectivity index is 1.52. The Hall–Kier alpha value is -3.75. The smallest absolute Gasteiger partial charge is 0.272 e. The van der Waals surface area contributed by atoms with E-state index < -0.39 is 10.8 Å². The molecule has 2 amide bonds. The number of amides is 2. The van der Waals surface area contributed by atoms with E-state index in [1.807, 2.05) is 18.2 Å². The second-order valence-electron chi connectivity index (χ2n) is 5.44. The second kappa shape index (κ2) is 7.43. The largest absolute Gasteiger partial charge is 0.350 e. The van der Waals surface area contributed by atoms with Gasteiger partial charge in [-0.05, 0) is 12.1 Å². The molecule has 132 valence electrons. The molecule has 0 saturated heterocycles. The van der Waals surface area contributed by atoms with Crippen molar-refractivity contribution >= 4 is 28.4 Å². The number of hydrogen-bond acceptors (Lipinski definition) is 5. The molecule has 0 radical (unpaired) electrons. The first kappa shape index (κ1) is 17.1. The number of hydrogen-bond donors (Lipinski definition) is 3. The average molecular weight is 353 g/mol. The van der Waals surface area contributed by atoms with Gasteiger partial charge in [-0.3, -0.25) is 24.8 Å². The number of nitro groups is 1. The molecule has 0 aliphatic carbocycles. The number of carbonyl (C=O) groups is 2. The minimum absolute atomic E-state index is 0.156. The highest BCUT2D eigenvalue weighted by Gasteiger charge is 2.14. The third-order valence-electron chi connectivity index (χ3n) is 3.70. The molecular formula is C17H15N5O4. The summed E-state index contributed by atoms with van der Waals surface area (Å²) in [6, 6.07) is 12.7. The quantitative estimate of drug-likeness (QED) is 0.352. The lowest BCUT2D eigenvalue weighted by atomic mass is 10.2. The SMILES string of the molecule is O=C(NCCNC(=O)c1n[nH]c2ccccc12)c1cccc([N+](=O)[O-])c1. The van der Waals surface area contributed by atoms with E-state index in [0.29, 0.717) is 5.39 Å². The van der Waals surface area contributed by atoms with Gasteiger partial charge in [-0.25, -0.2) is 0 Å². The molecule has 2 aromatic carbocycles. The lowest BCUT2D eigenvalue weighted by Gasteiger charge is -2.06. The number of nitrogens with one attached hydrogen (secondary N) is 3. The van der Waals surface area contributed by atoms with Gasteiger partial charge in [0, 0.05) is 36.2 Å². The van der Waals surface area contributed by atoms with Crippen LogP contribution in [0.4, 0.5) is 5.69 Å². The van der Waals surface area contributed by atoms with Gasteiger partial charge < -0.3 is 10.6 Å². The normalized spacial score (nSPS) is 10.5. The molecule has 9 heteroatoms. The van der Waals surface area contributed by atoms with E-state index in [-0.39, 0.29) is 35.9 Å². The van der Waals surface area contributed by atoms with Crippen LogP contribution in [0.15, 0.2) is 48.5 Å². The highest BCUT2D eigenvalue weighted by molar-refractivity contribution is 6.04. The molecule has 0 aliphatic heterocycles. The Kier molecular flexibility index (Phi) is 4.88. The van der Waals surface area contributed by atoms with Crippen molar-refractivity contribution in [3.05, 3.63) is 69.9 Å². The predicted octanol–water partition coefficient (Wildman–Crippen LogP) is 1.63. The van der Waals surface area contributed by atoms with Gasteiger partial charge >= 0.3 is 0 Å². The lowest BCUT2D eigenvalue weighted by Crippen LogP contribution is -2.34. The summed E-state index contributed by atoms with van der Waals surface area (Å²) in [5, 5.41) is 23.5. The van der Waals surface area contributed by atoms with Crippen LogP contribution >= 0.6 is 0 Å². The van der Waals surface area contributed by atoms with Crippen LogP contribution in [0.1, 0.15) is 20.8 Å². The number of carbonyl (C=O) groups excluding carboxylic acids is 2. The monoisotopic (exact) mass is 353 g/mol. The van der Waals surface area contributed by atoms with E-state index in [4.69, 9.17) is 0 Å². The summed E-state index contributed by atoms with van der Waals surface area (Å²) < 4.78 is 0. The predicted molar refractivity (Wildman–Crippen MR) is 93.9 cm³/mol. The van der Waals surface area contributed by atoms with Crippen LogP contribution < -0.4 is 10.6 Å². The van der Waals surface area contributed by atoms with Crippen molar-refractivity contribution in [2.24, 2.45) is 0 Å². The zero-order valence-corrected chi connectivity index (χ0v) is 13.6. The molecule has 0 aliphatic rings. The summed E-state index contributed by atoms with van der Waals surface area (Å²) in [6.45, 7) is 0.371. The summed E-state index contributed by atoms with van der Waals surface area (Å²) in [7, 11) is 0. The van der Waals surface area contributed by atoms with E-state index in [1.54, 1.807) is 6.07 Å². The van der Waals surface area contributed by atoms with Crippen molar-refractivity contribution in [1.82, 2.24) is 20.8 Å². The van der Waals surface area contributed by atoms with Gasteiger partial charge in [0.05, 0.1) is 10.4 Å². The molecule has 26 heavy (non-hydrogen) atoms. The zero-order valence-electron chi connectivity index (χ0n) is 13.6. The van der Waals surface area contributed by atoms with Gasteiger partial charge in [0.2, 0.25) is 0 Å². The Morgan fingerprint density at radius 1 is 1.04 bits per heavy atom. The average Bonchev–Trinajstić information content (AvgIpc) is 3.09. The molecule has 9 nitrogen and oxygen atoms in total. The Labute approximate surface area is 147 Å². The standard InChI is InChI=1S/C17H15N5O4/c23-16(11-4-3-5-12(10-11)22(25)26)18-8-9-19-17(24)15-13-6-1-2-7-14(13)20-21-15/h1-7,10H,8-9H2,(H,18,23)(H,19,24)(H,20,21). The van der Waals surface area contributed by atoms with Crippen molar-refractivity contribution < 1.29 is 14.5 Å². The van der Waals surface area contributed by atoms with Crippen molar-refractivity contribution in [3.8, 4) is 0 Å². The molecule has 1 aromatic heterocycles. The van der Waals surface area contributed by atoms with Crippen LogP contribution in [0.3, 0.4) is 0 Å². The summed E-state index contributed by atoms with van der Waals surface area (Å²) in [6.07, 6.45) is 0. The Morgan fingerprint density at radius 3 is 2.54 bits per heavy atom. The Morgan fingerprint density at radius 2 is 1.77 bits per heavy atom. The minimum Gasteiger partial charge on any atom is -0.350 e. The Bertz CT molecular complexity index is 982. The number of fused-ring (bicyclic) bond motifs is 1. The second-order valence-corrected chi connectivity index (χ2v) is 5.44. The lowest BCUT2D eigenvalue weighted by molar-refractivity contribution is -0.384. The summed E-state index contributed by atoms with van der Waals surface area (Å²) >= 11 is 0. The third kappa shape index (κ3) is 3.66. The van der Waals surface area contributed by atoms with Crippen molar-refractivity contribution in [3.63, 3.8) is 0 Å². The van der Waals surface area contributed by atoms with Crippen LogP contribution in [-0.2, 0) is 0 Å². The van der Waals surface area contributed by atoms with E-state index in [2.05, 4.69) is 20.8 Å². The maximum absolute atomic E-state index is 12.2. The van der Waals surface area contributed by atoms with Gasteiger partial charge in [0.25, 0.3) is 17.5 Å². The molecule has 0 atom stereocenters. The molecule has 3 rings (SSSR count). The first-order chi connectivity index (χ1) is 12.6. The molecule has 0 spiro atoms. The number of nitrogens with zero attached hydrogens (tertiary/aromatic N) is 2. The van der Waals surface area contributed by atoms with Crippen LogP contribution in [0, 0.1) is 10.1 Å². The van der Waals surface area contributed by atoms with E-state index in [9.17, 15) is 19.7 Å². The molecule has 0 fully saturated rings. The van der Waals surface area contributed by atoms with Crippen molar-refractivity contribution in [2.45, 2.75) is 0 Å². The maximum Gasteiger partial charge on any atom is 0.272 e. The van der Waals surface area contributed by atoms with Gasteiger partial charge in [0.15, 0.2) is 5.69 Å². The summed E-state index contributed by atoms with van der Waals surface area (Å²) in [5.74, 6) is -0.805. The fourth-order valence-corrected chi connectivity index (χ4v) is 2.44. The number of aromatic amines is 1. The van der Waals surface area contributed by atoms with Crippen molar-refractivity contribution in [2.75, 3.05) is 13.1 Å². The zero-order chi connectivity index (χ0) is 18.5. The highest BCUT2D eigenvalue weighted by Crippen LogP contribution is 2.15. The molecule has 0 unspecified atom stereocenters. The number of benzene rings is 2. The van der Waals surface area contributed by atoms with E-state index >= 15 is 0 Å². The van der Waals surface area contributed by atoms with Gasteiger partial charge in [-0.2, -0.15) is 5.10 Å². The van der Waals surface area contributed by atoms with Crippen LogP contribution in [0.25, 0.3) is 10.9 Å². The fraction of sp³-hybridized carbons (Fsp3) is 0.118. The van der Waals surface area contributed by atoms with E-state index in [1.165, 1.54) is 24.3 Å². The van der Waals surface area contributed by atoms with E-state index in [0.717, 1.165) is 5.52 Å². The van der Waals surface area contributed by atoms with Gasteiger partial charge in [0.1, 0.15) is 0 Å². The molecule has 3 N–H and O–H groups in total. The van der Waals surface area contributed by atoms with Gasteiger partial charge in [-0.1, -0.05) is 24.3 Å². The number of para-hydroxylation sites is 1. The maximum atomic E-state index is 12.2. The molecule has 1 heterocycles. The molecular weight excluding hydrogens is 338 g/mol. The summed E-state index contributed by atoms with van der Waals surface area (Å²) in [5.41, 5.74) is 1.07. The first-order valence-corrected chi connectivity index (χ1v) is 7.80. The van der Waals surface area contributed by atoms with Gasteiger partial charge in [-0.15, -0.1) is 0 Å². The van der Waals surface area contributed by atoms with Crippen LogP contribution in [0.2, 0.25) is 0 Å². The highest BCUT2D eigenvalue weighted by atomic mass is 16.6. The van der Waals surface area contributed by atoms with Crippen LogP contribution in [0.5, 0.6) is 0 Å². The van der Waals surface area contributed by atoms with Crippen LogP contribution in [-0.4, -0.2) is 40.0 Å². The number of non-ortho nitro benzene ring substituents is 1. The molecule has 3 aromatic rings. The molecule has 0 saturated carbocycles. The first-order valence-electron chi connectivity index (χ1n) is 7.80. The minimum atomic E-state index is -0.564. The summed E-state index contributed by atoms with van der Waals surface area (Å²) in [4.78, 5) is 34.3. The molecule has 0 bridgehead atoms. The fourth-order valence-electron chi connectivity index (χ4n) is 2.44. The number of aromatic nitrogens is 2. The number of rotatable bonds is 6.